The Morgan fingerprint density at radius 2 is 1.14 bits per heavy atom. The van der Waals surface area contributed by atoms with Crippen LogP contribution in [-0.2, 0) is 12.8 Å². The number of benzene rings is 1. The van der Waals surface area contributed by atoms with E-state index in [9.17, 15) is 4.79 Å². The quantitative estimate of drug-likeness (QED) is 0.0682. The molecule has 6 heteroatoms. The van der Waals surface area contributed by atoms with Gasteiger partial charge in [0, 0.05) is 17.1 Å². The first-order chi connectivity index (χ1) is 36.7. The fourth-order valence-corrected chi connectivity index (χ4v) is 10.1. The second kappa shape index (κ2) is 27.0. The summed E-state index contributed by atoms with van der Waals surface area (Å²) in [6, 6.07) is 18.3. The number of nitrogens with zero attached hydrogens (tertiary/aromatic N) is 2. The molecule has 76 heavy (non-hydrogen) atoms. The van der Waals surface area contributed by atoms with Crippen molar-refractivity contribution >= 4 is 57.4 Å². The molecule has 8 bridgehead atoms. The number of carbonyl (C=O) groups excluding carboxylic acids is 1. The maximum atomic E-state index is 14.3. The molecule has 0 unspecified atom stereocenters. The first kappa shape index (κ1) is 56.4. The molecule has 2 N–H and O–H groups in total. The van der Waals surface area contributed by atoms with Crippen molar-refractivity contribution in [1.29, 1.82) is 0 Å². The topological polar surface area (TPSA) is 83.7 Å². The Kier molecular flexibility index (Phi) is 20.0. The second-order valence-corrected chi connectivity index (χ2v) is 21.5. The third kappa shape index (κ3) is 15.2. The number of aromatic nitrogens is 4. The molecule has 4 aromatic rings. The Bertz CT molecular complexity index is 3320. The molecule has 3 aliphatic rings. The number of rotatable bonds is 20. The lowest BCUT2D eigenvalue weighted by molar-refractivity contribution is 0.0734. The van der Waals surface area contributed by atoms with E-state index in [1.54, 1.807) is 0 Å². The normalized spacial score (nSPS) is 15.9. The van der Waals surface area contributed by atoms with Crippen LogP contribution >= 0.6 is 0 Å². The second-order valence-electron chi connectivity index (χ2n) is 21.5. The van der Waals surface area contributed by atoms with Gasteiger partial charge in [-0.3, -0.25) is 0 Å². The van der Waals surface area contributed by atoms with Gasteiger partial charge in [-0.15, -0.1) is 0 Å². The molecular weight excluding hydrogens is 929 g/mol. The van der Waals surface area contributed by atoms with Gasteiger partial charge in [0.25, 0.3) is 0 Å². The number of hydrogen-bond acceptors (Lipinski definition) is 4. The lowest BCUT2D eigenvalue weighted by atomic mass is 9.72. The summed E-state index contributed by atoms with van der Waals surface area (Å²) in [6.07, 6.45) is 45.4. The zero-order valence-electron chi connectivity index (χ0n) is 47.4. The molecule has 0 radical (unpaired) electrons. The van der Waals surface area contributed by atoms with Crippen LogP contribution in [0.15, 0.2) is 167 Å². The van der Waals surface area contributed by atoms with Crippen molar-refractivity contribution in [3.05, 3.63) is 212 Å². The summed E-state index contributed by atoms with van der Waals surface area (Å²) >= 11 is 0. The number of allylic oxidation sites excluding steroid dienone is 21. The van der Waals surface area contributed by atoms with E-state index in [0.29, 0.717) is 17.0 Å². The Balaban J connectivity index is 1.06. The van der Waals surface area contributed by atoms with Gasteiger partial charge in [-0.25, -0.2) is 14.8 Å². The van der Waals surface area contributed by atoms with Crippen LogP contribution < -0.4 is 4.74 Å². The number of fused-ring (bicyclic) bond motifs is 10. The molecule has 0 amide bonds. The number of ether oxygens (including phenoxy) is 1. The highest BCUT2D eigenvalue weighted by atomic mass is 16.5. The maximum Gasteiger partial charge on any atom is 0.343 e. The van der Waals surface area contributed by atoms with Crippen molar-refractivity contribution in [3.63, 3.8) is 0 Å². The minimum atomic E-state index is -0.438. The van der Waals surface area contributed by atoms with Gasteiger partial charge in [0.2, 0.25) is 0 Å². The fraction of sp³-hybridized carbons (Fsp3) is 0.329. The SMILES string of the molecule is CCCC1=Cc2nc1ccc1[nH]c(cc1CCC)c1nc(c(OC(=O)c3ccc(/C=C/C(C)=C/C=C/C(C)=C/C=C/C=C(C)/C=C/C=C(C)/C=C/C4=C(C)CCCC4(C)C)cc3)cc3[nH]c2cc3CCC)C(CCC)=C1. The molecule has 1 aromatic carbocycles. The molecule has 0 saturated heterocycles. The predicted octanol–water partition coefficient (Wildman–Crippen LogP) is 19.7. The number of esters is 1. The van der Waals surface area contributed by atoms with Crippen LogP contribution in [0.1, 0.15) is 184 Å². The van der Waals surface area contributed by atoms with E-state index >= 15 is 0 Å². The first-order valence-electron chi connectivity index (χ1n) is 28.0. The highest BCUT2D eigenvalue weighted by Gasteiger charge is 2.26. The average Bonchev–Trinajstić information content (AvgIpc) is 4.20. The monoisotopic (exact) mass is 1010 g/mol. The van der Waals surface area contributed by atoms with Crippen molar-refractivity contribution < 1.29 is 9.53 Å². The van der Waals surface area contributed by atoms with Crippen LogP contribution in [0.3, 0.4) is 0 Å². The van der Waals surface area contributed by atoms with E-state index in [0.717, 1.165) is 118 Å². The fourth-order valence-electron chi connectivity index (χ4n) is 10.1. The van der Waals surface area contributed by atoms with E-state index in [4.69, 9.17) is 14.7 Å². The van der Waals surface area contributed by atoms with Crippen molar-refractivity contribution in [1.82, 2.24) is 19.9 Å². The van der Waals surface area contributed by atoms with Crippen LogP contribution in [0, 0.1) is 5.41 Å². The van der Waals surface area contributed by atoms with E-state index < -0.39 is 5.97 Å². The number of H-pyrrole nitrogens is 2. The zero-order valence-corrected chi connectivity index (χ0v) is 47.4. The molecule has 0 spiro atoms. The molecule has 394 valence electrons. The minimum Gasteiger partial charge on any atom is -0.421 e. The minimum absolute atomic E-state index is 0.257. The van der Waals surface area contributed by atoms with Gasteiger partial charge in [0.1, 0.15) is 5.69 Å². The Labute approximate surface area is 454 Å². The molecule has 7 rings (SSSR count). The number of carbonyl (C=O) groups is 1. The summed E-state index contributed by atoms with van der Waals surface area (Å²) in [4.78, 5) is 32.1. The van der Waals surface area contributed by atoms with Gasteiger partial charge in [-0.2, -0.15) is 0 Å². The van der Waals surface area contributed by atoms with Crippen LogP contribution in [-0.4, -0.2) is 25.9 Å². The average molecular weight is 1010 g/mol. The van der Waals surface area contributed by atoms with Crippen molar-refractivity contribution in [3.8, 4) is 5.75 Å². The van der Waals surface area contributed by atoms with E-state index in [2.05, 4.69) is 208 Å². The molecule has 6 nitrogen and oxygen atoms in total. The van der Waals surface area contributed by atoms with Crippen molar-refractivity contribution in [2.45, 2.75) is 147 Å². The number of hydrogen-bond donors (Lipinski definition) is 2. The summed E-state index contributed by atoms with van der Waals surface area (Å²) < 4.78 is 6.49. The Morgan fingerprint density at radius 1 is 0.605 bits per heavy atom. The maximum absolute atomic E-state index is 14.3. The van der Waals surface area contributed by atoms with Crippen LogP contribution in [0.5, 0.6) is 5.75 Å². The molecule has 0 atom stereocenters. The predicted molar refractivity (Wildman–Crippen MR) is 327 cm³/mol. The lowest BCUT2D eigenvalue weighted by Gasteiger charge is -2.32. The summed E-state index contributed by atoms with van der Waals surface area (Å²) in [5.74, 6) is -0.0172. The van der Waals surface area contributed by atoms with E-state index in [-0.39, 0.29) is 5.41 Å². The lowest BCUT2D eigenvalue weighted by Crippen LogP contribution is -2.19. The summed E-state index contributed by atoms with van der Waals surface area (Å²) in [5, 5.41) is 0. The Morgan fingerprint density at radius 3 is 1.76 bits per heavy atom. The van der Waals surface area contributed by atoms with Gasteiger partial charge in [-0.05, 0) is 167 Å². The highest BCUT2D eigenvalue weighted by molar-refractivity contribution is 5.95. The zero-order chi connectivity index (χ0) is 54.2. The van der Waals surface area contributed by atoms with Gasteiger partial charge in [-0.1, -0.05) is 192 Å². The molecule has 5 heterocycles. The summed E-state index contributed by atoms with van der Waals surface area (Å²) in [5.41, 5.74) is 21.3. The van der Waals surface area contributed by atoms with Crippen molar-refractivity contribution in [2.75, 3.05) is 0 Å². The van der Waals surface area contributed by atoms with Gasteiger partial charge in [0.15, 0.2) is 5.75 Å². The van der Waals surface area contributed by atoms with Crippen LogP contribution in [0.2, 0.25) is 0 Å². The number of nitrogens with one attached hydrogen (secondary N) is 2. The van der Waals surface area contributed by atoms with Gasteiger partial charge in [0.05, 0.1) is 33.7 Å². The van der Waals surface area contributed by atoms with E-state index in [1.165, 1.54) is 52.7 Å². The smallest absolute Gasteiger partial charge is 0.343 e. The molecule has 3 aromatic heterocycles. The molecule has 2 aliphatic heterocycles. The number of aryl methyl sites for hydroxylation is 2. The highest BCUT2D eigenvalue weighted by Crippen LogP contribution is 2.41. The molecule has 0 fully saturated rings. The van der Waals surface area contributed by atoms with Crippen LogP contribution in [0.4, 0.5) is 0 Å². The van der Waals surface area contributed by atoms with Gasteiger partial charge >= 0.3 is 5.97 Å². The third-order valence-electron chi connectivity index (χ3n) is 14.4. The standard InChI is InChI=1S/C70H82N4O2/c1-12-21-55-43-63-64-45-57(23-14-3)62(73-64)47-67(68-58(24-15-4)46-66(74-68)65-44-56(22-13-2)61(72-65)41-40-60(55)71-63)76-69(75)54-37-35-53(36-38-54)34-32-50(7)29-18-27-48(5)25-16-17-26-49(6)28-19-30-51(8)33-39-59-52(9)31-20-42-70(59,10)11/h16-19,25-30,32-41,43-47,72-73H,12-15,20-24,31,42H2,1-11H3/b17-16+,27-18+,28-19+,34-32+,39-33+,41-40?,48-25+,49-26+,50-29+,51-30+,60-40?,61-41?,62-47?,64-63?,66-65?,67-47?,68-67?. The van der Waals surface area contributed by atoms with Gasteiger partial charge < -0.3 is 14.7 Å². The molecule has 0 saturated carbocycles. The third-order valence-corrected chi connectivity index (χ3v) is 14.4. The number of aromatic amines is 2. The summed E-state index contributed by atoms with van der Waals surface area (Å²) in [6.45, 7) is 24.3. The summed E-state index contributed by atoms with van der Waals surface area (Å²) in [7, 11) is 0. The molecular formula is C70H82N4O2. The van der Waals surface area contributed by atoms with Crippen molar-refractivity contribution in [2.24, 2.45) is 5.41 Å². The first-order valence-corrected chi connectivity index (χ1v) is 28.0. The largest absolute Gasteiger partial charge is 0.421 e. The van der Waals surface area contributed by atoms with Crippen LogP contribution in [0.25, 0.3) is 51.4 Å². The van der Waals surface area contributed by atoms with E-state index in [1.807, 2.05) is 30.3 Å². The molecule has 1 aliphatic carbocycles. The Hall–Kier alpha value is -7.31.